The predicted octanol–water partition coefficient (Wildman–Crippen LogP) is 2.15. The van der Waals surface area contributed by atoms with Crippen LogP contribution in [0.25, 0.3) is 0 Å². The summed E-state index contributed by atoms with van der Waals surface area (Å²) in [5.41, 5.74) is 4.86. The van der Waals surface area contributed by atoms with Gasteiger partial charge in [-0.25, -0.2) is 5.43 Å². The fourth-order valence-electron chi connectivity index (χ4n) is 1.88. The van der Waals surface area contributed by atoms with Crippen LogP contribution in [-0.2, 0) is 0 Å². The third-order valence-electron chi connectivity index (χ3n) is 2.75. The molecule has 0 bridgehead atoms. The lowest BCUT2D eigenvalue weighted by Crippen LogP contribution is -2.28. The molecule has 17 heavy (non-hydrogen) atoms. The number of benzene rings is 1. The van der Waals surface area contributed by atoms with E-state index in [0.717, 1.165) is 22.6 Å². The van der Waals surface area contributed by atoms with Gasteiger partial charge < -0.3 is 9.15 Å². The third-order valence-corrected chi connectivity index (χ3v) is 2.75. The number of rotatable bonds is 4. The molecule has 4 heteroatoms. The van der Waals surface area contributed by atoms with E-state index < -0.39 is 0 Å². The van der Waals surface area contributed by atoms with Crippen LogP contribution in [0.5, 0.6) is 5.75 Å². The number of furan rings is 1. The maximum atomic E-state index is 5.58. The van der Waals surface area contributed by atoms with Crippen molar-refractivity contribution >= 4 is 0 Å². The summed E-state index contributed by atoms with van der Waals surface area (Å²) in [5.74, 6) is 7.23. The molecule has 1 heterocycles. The molecule has 0 saturated heterocycles. The van der Waals surface area contributed by atoms with Crippen LogP contribution in [0.3, 0.4) is 0 Å². The summed E-state index contributed by atoms with van der Waals surface area (Å²) in [5, 5.41) is 0. The van der Waals surface area contributed by atoms with Gasteiger partial charge in [0, 0.05) is 0 Å². The number of nitrogens with one attached hydrogen (secondary N) is 1. The van der Waals surface area contributed by atoms with E-state index in [2.05, 4.69) is 5.43 Å². The van der Waals surface area contributed by atoms with Crippen LogP contribution in [0.1, 0.15) is 22.9 Å². The van der Waals surface area contributed by atoms with Gasteiger partial charge >= 0.3 is 0 Å². The van der Waals surface area contributed by atoms with E-state index >= 15 is 0 Å². The van der Waals surface area contributed by atoms with E-state index in [0.29, 0.717) is 0 Å². The van der Waals surface area contributed by atoms with Gasteiger partial charge in [0.1, 0.15) is 17.6 Å². The van der Waals surface area contributed by atoms with Crippen molar-refractivity contribution in [2.45, 2.75) is 13.0 Å². The van der Waals surface area contributed by atoms with Crippen LogP contribution in [0.2, 0.25) is 0 Å². The molecule has 0 amide bonds. The van der Waals surface area contributed by atoms with Gasteiger partial charge in [0.2, 0.25) is 0 Å². The second-order valence-corrected chi connectivity index (χ2v) is 3.84. The molecule has 0 aliphatic rings. The highest BCUT2D eigenvalue weighted by molar-refractivity contribution is 5.39. The van der Waals surface area contributed by atoms with Gasteiger partial charge in [-0.05, 0) is 36.2 Å². The molecule has 1 aromatic heterocycles. The van der Waals surface area contributed by atoms with E-state index in [4.69, 9.17) is 15.0 Å². The number of methoxy groups -OCH3 is 1. The van der Waals surface area contributed by atoms with Crippen LogP contribution < -0.4 is 16.0 Å². The van der Waals surface area contributed by atoms with Gasteiger partial charge in [-0.3, -0.25) is 5.84 Å². The van der Waals surface area contributed by atoms with Crippen molar-refractivity contribution < 1.29 is 9.15 Å². The van der Waals surface area contributed by atoms with E-state index in [1.807, 2.05) is 37.3 Å². The summed E-state index contributed by atoms with van der Waals surface area (Å²) in [6.45, 7) is 2.00. The Kier molecular flexibility index (Phi) is 3.46. The van der Waals surface area contributed by atoms with Gasteiger partial charge in [0.05, 0.1) is 13.4 Å². The van der Waals surface area contributed by atoms with Crippen LogP contribution in [0, 0.1) is 6.92 Å². The van der Waals surface area contributed by atoms with E-state index in [1.165, 1.54) is 0 Å². The van der Waals surface area contributed by atoms with E-state index in [1.54, 1.807) is 13.4 Å². The van der Waals surface area contributed by atoms with Gasteiger partial charge in [-0.2, -0.15) is 0 Å². The molecule has 1 unspecified atom stereocenters. The van der Waals surface area contributed by atoms with Crippen molar-refractivity contribution in [3.05, 3.63) is 53.5 Å². The lowest BCUT2D eigenvalue weighted by molar-refractivity contribution is 0.410. The minimum Gasteiger partial charge on any atom is -0.496 e. The lowest BCUT2D eigenvalue weighted by Gasteiger charge is -2.15. The van der Waals surface area contributed by atoms with Crippen LogP contribution in [-0.4, -0.2) is 7.11 Å². The zero-order chi connectivity index (χ0) is 12.3. The number of nitrogens with two attached hydrogens (primary N) is 1. The molecule has 90 valence electrons. The van der Waals surface area contributed by atoms with Crippen molar-refractivity contribution in [3.8, 4) is 5.75 Å². The maximum Gasteiger partial charge on any atom is 0.126 e. The number of hydrogen-bond donors (Lipinski definition) is 2. The molecule has 4 nitrogen and oxygen atoms in total. The number of aryl methyl sites for hydroxylation is 1. The van der Waals surface area contributed by atoms with Crippen molar-refractivity contribution in [2.24, 2.45) is 5.84 Å². The highest BCUT2D eigenvalue weighted by atomic mass is 16.5. The fourth-order valence-corrected chi connectivity index (χ4v) is 1.88. The Morgan fingerprint density at radius 2 is 2.18 bits per heavy atom. The second-order valence-electron chi connectivity index (χ2n) is 3.84. The van der Waals surface area contributed by atoms with Gasteiger partial charge in [-0.1, -0.05) is 12.1 Å². The van der Waals surface area contributed by atoms with Crippen molar-refractivity contribution in [1.29, 1.82) is 0 Å². The highest BCUT2D eigenvalue weighted by Crippen LogP contribution is 2.26. The zero-order valence-electron chi connectivity index (χ0n) is 9.94. The largest absolute Gasteiger partial charge is 0.496 e. The molecule has 2 aromatic rings. The molecule has 0 saturated carbocycles. The van der Waals surface area contributed by atoms with Crippen LogP contribution >= 0.6 is 0 Å². The second kappa shape index (κ2) is 5.03. The minimum absolute atomic E-state index is 0.144. The Morgan fingerprint density at radius 3 is 2.71 bits per heavy atom. The van der Waals surface area contributed by atoms with E-state index in [-0.39, 0.29) is 6.04 Å². The summed E-state index contributed by atoms with van der Waals surface area (Å²) in [4.78, 5) is 0. The van der Waals surface area contributed by atoms with Gasteiger partial charge in [0.15, 0.2) is 0 Å². The molecule has 0 aliphatic carbocycles. The molecule has 0 spiro atoms. The third kappa shape index (κ3) is 2.33. The predicted molar refractivity (Wildman–Crippen MR) is 65.6 cm³/mol. The molecule has 2 rings (SSSR count). The summed E-state index contributed by atoms with van der Waals surface area (Å²) >= 11 is 0. The summed E-state index contributed by atoms with van der Waals surface area (Å²) in [7, 11) is 1.66. The number of ether oxygens (including phenoxy) is 1. The monoisotopic (exact) mass is 232 g/mol. The summed E-state index contributed by atoms with van der Waals surface area (Å²) in [6.07, 6.45) is 1.63. The standard InChI is InChI=1S/C13H16N2O2/c1-9-8-10(5-6-11(9)16-2)13(15-14)12-4-3-7-17-12/h3-8,13,15H,14H2,1-2H3. The summed E-state index contributed by atoms with van der Waals surface area (Å²) < 4.78 is 10.6. The molecule has 1 aromatic carbocycles. The first-order valence-electron chi connectivity index (χ1n) is 5.40. The molecule has 1 atom stereocenters. The molecule has 0 radical (unpaired) electrons. The molecule has 0 aliphatic heterocycles. The Morgan fingerprint density at radius 1 is 1.35 bits per heavy atom. The van der Waals surface area contributed by atoms with Gasteiger partial charge in [-0.15, -0.1) is 0 Å². The Balaban J connectivity index is 2.35. The van der Waals surface area contributed by atoms with Crippen molar-refractivity contribution in [3.63, 3.8) is 0 Å². The topological polar surface area (TPSA) is 60.4 Å². The smallest absolute Gasteiger partial charge is 0.126 e. The molecular formula is C13H16N2O2. The first-order chi connectivity index (χ1) is 8.26. The van der Waals surface area contributed by atoms with Crippen molar-refractivity contribution in [1.82, 2.24) is 5.43 Å². The van der Waals surface area contributed by atoms with Gasteiger partial charge in [0.25, 0.3) is 0 Å². The zero-order valence-corrected chi connectivity index (χ0v) is 9.94. The normalized spacial score (nSPS) is 12.4. The average molecular weight is 232 g/mol. The Hall–Kier alpha value is -1.78. The number of hydrazine groups is 1. The van der Waals surface area contributed by atoms with Crippen molar-refractivity contribution in [2.75, 3.05) is 7.11 Å². The fraction of sp³-hybridized carbons (Fsp3) is 0.231. The lowest BCUT2D eigenvalue weighted by atomic mass is 10.0. The van der Waals surface area contributed by atoms with Crippen LogP contribution in [0.4, 0.5) is 0 Å². The SMILES string of the molecule is COc1ccc(C(NN)c2ccco2)cc1C. The summed E-state index contributed by atoms with van der Waals surface area (Å²) in [6, 6.07) is 9.53. The quantitative estimate of drug-likeness (QED) is 0.626. The van der Waals surface area contributed by atoms with Crippen LogP contribution in [0.15, 0.2) is 41.0 Å². The Bertz CT molecular complexity index is 480. The minimum atomic E-state index is -0.144. The first kappa shape index (κ1) is 11.7. The molecular weight excluding hydrogens is 216 g/mol. The average Bonchev–Trinajstić information content (AvgIpc) is 2.84. The molecule has 0 fully saturated rings. The number of hydrogen-bond acceptors (Lipinski definition) is 4. The van der Waals surface area contributed by atoms with E-state index in [9.17, 15) is 0 Å². The Labute approximate surface area is 100 Å². The maximum absolute atomic E-state index is 5.58. The molecule has 3 N–H and O–H groups in total. The highest BCUT2D eigenvalue weighted by Gasteiger charge is 2.15. The first-order valence-corrected chi connectivity index (χ1v) is 5.40.